The Hall–Kier alpha value is -1.50. The number of benzene rings is 1. The minimum atomic E-state index is 0.247. The third kappa shape index (κ3) is 3.07. The van der Waals surface area contributed by atoms with Crippen molar-refractivity contribution in [1.29, 1.82) is 0 Å². The van der Waals surface area contributed by atoms with Crippen molar-refractivity contribution in [3.63, 3.8) is 0 Å². The highest BCUT2D eigenvalue weighted by Crippen LogP contribution is 2.36. The maximum Gasteiger partial charge on any atom is 0.0937 e. The van der Waals surface area contributed by atoms with Gasteiger partial charge in [0.2, 0.25) is 0 Å². The molecule has 0 saturated carbocycles. The van der Waals surface area contributed by atoms with Gasteiger partial charge in [0.15, 0.2) is 0 Å². The lowest BCUT2D eigenvalue weighted by molar-refractivity contribution is 0.464. The average molecular weight is 282 g/mol. The van der Waals surface area contributed by atoms with E-state index in [4.69, 9.17) is 4.42 Å². The van der Waals surface area contributed by atoms with Gasteiger partial charge in [-0.05, 0) is 64.8 Å². The highest BCUT2D eigenvalue weighted by molar-refractivity contribution is 5.38. The standard InChI is InChI=1S/C20H26O/c1-14(17-7-8-21-13-17)9-15-10-16-5-6-19(20(2,3)4)12-18(16)11-15/h5-8,12-15H,9-11H2,1-4H3. The van der Waals surface area contributed by atoms with E-state index in [1.54, 1.807) is 17.4 Å². The summed E-state index contributed by atoms with van der Waals surface area (Å²) in [6.07, 6.45) is 7.40. The fourth-order valence-electron chi connectivity index (χ4n) is 3.53. The van der Waals surface area contributed by atoms with Crippen LogP contribution < -0.4 is 0 Å². The third-order valence-electron chi connectivity index (χ3n) is 4.89. The van der Waals surface area contributed by atoms with Gasteiger partial charge >= 0.3 is 0 Å². The Balaban J connectivity index is 1.70. The summed E-state index contributed by atoms with van der Waals surface area (Å²) in [4.78, 5) is 0. The van der Waals surface area contributed by atoms with Crippen molar-refractivity contribution in [2.24, 2.45) is 5.92 Å². The Morgan fingerprint density at radius 2 is 1.90 bits per heavy atom. The molecule has 1 aromatic carbocycles. The van der Waals surface area contributed by atoms with Gasteiger partial charge in [0.1, 0.15) is 0 Å². The fraction of sp³-hybridized carbons (Fsp3) is 0.500. The minimum absolute atomic E-state index is 0.247. The first kappa shape index (κ1) is 14.4. The van der Waals surface area contributed by atoms with E-state index in [9.17, 15) is 0 Å². The molecule has 1 aliphatic carbocycles. The second-order valence-electron chi connectivity index (χ2n) is 7.70. The molecule has 2 unspecified atom stereocenters. The Morgan fingerprint density at radius 1 is 1.14 bits per heavy atom. The predicted octanol–water partition coefficient (Wildman–Crippen LogP) is 5.49. The van der Waals surface area contributed by atoms with E-state index in [2.05, 4.69) is 52.0 Å². The molecule has 0 amide bonds. The maximum atomic E-state index is 5.22. The Labute approximate surface area is 128 Å². The molecule has 0 bridgehead atoms. The van der Waals surface area contributed by atoms with Crippen LogP contribution in [0.5, 0.6) is 0 Å². The summed E-state index contributed by atoms with van der Waals surface area (Å²) in [6, 6.07) is 9.22. The van der Waals surface area contributed by atoms with Gasteiger partial charge < -0.3 is 4.42 Å². The van der Waals surface area contributed by atoms with Crippen molar-refractivity contribution >= 4 is 0 Å². The number of furan rings is 1. The molecule has 2 atom stereocenters. The molecule has 0 radical (unpaired) electrons. The second kappa shape index (κ2) is 5.36. The molecule has 3 rings (SSSR count). The van der Waals surface area contributed by atoms with Gasteiger partial charge in [0.05, 0.1) is 12.5 Å². The first-order valence-electron chi connectivity index (χ1n) is 8.08. The Kier molecular flexibility index (Phi) is 3.69. The van der Waals surface area contributed by atoms with E-state index in [1.807, 2.05) is 6.26 Å². The SMILES string of the molecule is CC(CC1Cc2ccc(C(C)(C)C)cc2C1)c1ccoc1. The molecule has 0 saturated heterocycles. The Bertz CT molecular complexity index is 601. The van der Waals surface area contributed by atoms with Gasteiger partial charge in [0, 0.05) is 0 Å². The van der Waals surface area contributed by atoms with E-state index < -0.39 is 0 Å². The zero-order chi connectivity index (χ0) is 15.0. The first-order chi connectivity index (χ1) is 9.93. The summed E-state index contributed by atoms with van der Waals surface area (Å²) in [5.74, 6) is 1.37. The van der Waals surface area contributed by atoms with Crippen molar-refractivity contribution in [3.05, 3.63) is 59.0 Å². The zero-order valence-electron chi connectivity index (χ0n) is 13.6. The molecular formula is C20H26O. The molecule has 1 aliphatic rings. The fourth-order valence-corrected chi connectivity index (χ4v) is 3.53. The predicted molar refractivity (Wildman–Crippen MR) is 87.8 cm³/mol. The highest BCUT2D eigenvalue weighted by atomic mass is 16.3. The molecule has 1 nitrogen and oxygen atoms in total. The van der Waals surface area contributed by atoms with Crippen molar-refractivity contribution < 1.29 is 4.42 Å². The van der Waals surface area contributed by atoms with Crippen LogP contribution in [-0.2, 0) is 18.3 Å². The molecule has 0 spiro atoms. The van der Waals surface area contributed by atoms with Crippen LogP contribution in [0.15, 0.2) is 41.2 Å². The minimum Gasteiger partial charge on any atom is -0.472 e. The summed E-state index contributed by atoms with van der Waals surface area (Å²) in [5, 5.41) is 0. The third-order valence-corrected chi connectivity index (χ3v) is 4.89. The molecule has 1 heteroatoms. The lowest BCUT2D eigenvalue weighted by Crippen LogP contribution is -2.11. The van der Waals surface area contributed by atoms with Crippen LogP contribution in [0.25, 0.3) is 0 Å². The number of fused-ring (bicyclic) bond motifs is 1. The van der Waals surface area contributed by atoms with Gasteiger partial charge in [-0.2, -0.15) is 0 Å². The molecule has 0 aliphatic heterocycles. The largest absolute Gasteiger partial charge is 0.472 e. The molecule has 21 heavy (non-hydrogen) atoms. The smallest absolute Gasteiger partial charge is 0.0937 e. The average Bonchev–Trinajstić information content (AvgIpc) is 3.05. The van der Waals surface area contributed by atoms with Gasteiger partial charge in [0.25, 0.3) is 0 Å². The molecule has 0 N–H and O–H groups in total. The van der Waals surface area contributed by atoms with Crippen LogP contribution in [-0.4, -0.2) is 0 Å². The molecule has 2 aromatic rings. The summed E-state index contributed by atoms with van der Waals surface area (Å²) >= 11 is 0. The second-order valence-corrected chi connectivity index (χ2v) is 7.70. The summed E-state index contributed by atoms with van der Waals surface area (Å²) in [5.41, 5.74) is 6.18. The van der Waals surface area contributed by atoms with E-state index in [1.165, 1.54) is 30.4 Å². The lowest BCUT2D eigenvalue weighted by atomic mass is 9.85. The van der Waals surface area contributed by atoms with Crippen LogP contribution in [0.3, 0.4) is 0 Å². The zero-order valence-corrected chi connectivity index (χ0v) is 13.6. The Morgan fingerprint density at radius 3 is 2.57 bits per heavy atom. The van der Waals surface area contributed by atoms with Crippen molar-refractivity contribution in [2.75, 3.05) is 0 Å². The summed E-state index contributed by atoms with van der Waals surface area (Å²) in [6.45, 7) is 9.20. The van der Waals surface area contributed by atoms with Crippen LogP contribution in [0.4, 0.5) is 0 Å². The normalized spacial score (nSPS) is 19.5. The van der Waals surface area contributed by atoms with Crippen LogP contribution in [0.2, 0.25) is 0 Å². The molecule has 1 heterocycles. The van der Waals surface area contributed by atoms with Crippen LogP contribution in [0.1, 0.15) is 62.3 Å². The van der Waals surface area contributed by atoms with E-state index in [0.717, 1.165) is 5.92 Å². The van der Waals surface area contributed by atoms with Gasteiger partial charge in [-0.25, -0.2) is 0 Å². The first-order valence-corrected chi connectivity index (χ1v) is 8.08. The molecule has 112 valence electrons. The number of rotatable bonds is 3. The lowest BCUT2D eigenvalue weighted by Gasteiger charge is -2.20. The van der Waals surface area contributed by atoms with Gasteiger partial charge in [-0.15, -0.1) is 0 Å². The summed E-state index contributed by atoms with van der Waals surface area (Å²) in [7, 11) is 0. The summed E-state index contributed by atoms with van der Waals surface area (Å²) < 4.78 is 5.22. The van der Waals surface area contributed by atoms with Crippen molar-refractivity contribution in [2.45, 2.75) is 58.3 Å². The van der Waals surface area contributed by atoms with Crippen LogP contribution in [0, 0.1) is 5.92 Å². The molecule has 1 aromatic heterocycles. The van der Waals surface area contributed by atoms with E-state index in [-0.39, 0.29) is 5.41 Å². The highest BCUT2D eigenvalue weighted by Gasteiger charge is 2.25. The molecular weight excluding hydrogens is 256 g/mol. The van der Waals surface area contributed by atoms with E-state index in [0.29, 0.717) is 5.92 Å². The monoisotopic (exact) mass is 282 g/mol. The molecule has 0 fully saturated rings. The number of hydrogen-bond acceptors (Lipinski definition) is 1. The van der Waals surface area contributed by atoms with Crippen LogP contribution >= 0.6 is 0 Å². The van der Waals surface area contributed by atoms with Crippen molar-refractivity contribution in [1.82, 2.24) is 0 Å². The van der Waals surface area contributed by atoms with E-state index >= 15 is 0 Å². The maximum absolute atomic E-state index is 5.22. The quantitative estimate of drug-likeness (QED) is 0.726. The number of hydrogen-bond donors (Lipinski definition) is 0. The van der Waals surface area contributed by atoms with Gasteiger partial charge in [-0.3, -0.25) is 0 Å². The van der Waals surface area contributed by atoms with Crippen molar-refractivity contribution in [3.8, 4) is 0 Å². The van der Waals surface area contributed by atoms with Gasteiger partial charge in [-0.1, -0.05) is 45.9 Å². The topological polar surface area (TPSA) is 13.1 Å².